The van der Waals surface area contributed by atoms with Crippen LogP contribution in [-0.4, -0.2) is 54.6 Å². The Morgan fingerprint density at radius 3 is 2.25 bits per heavy atom. The predicted molar refractivity (Wildman–Crippen MR) is 75.3 cm³/mol. The average Bonchev–Trinajstić information content (AvgIpc) is 2.35. The fourth-order valence-electron chi connectivity index (χ4n) is 1.55. The molecule has 0 bridgehead atoms. The molecule has 1 unspecified atom stereocenters. The molecular weight excluding hydrogens is 262 g/mol. The van der Waals surface area contributed by atoms with E-state index in [2.05, 4.69) is 10.6 Å². The first-order valence-corrected chi connectivity index (χ1v) is 6.78. The Morgan fingerprint density at radius 1 is 1.20 bits per heavy atom. The number of carbonyl (C=O) groups excluding carboxylic acids is 2. The van der Waals surface area contributed by atoms with Gasteiger partial charge in [-0.05, 0) is 12.3 Å². The van der Waals surface area contributed by atoms with Gasteiger partial charge in [-0.3, -0.25) is 9.59 Å². The lowest BCUT2D eigenvalue weighted by Crippen LogP contribution is -2.45. The molecule has 0 saturated carbocycles. The molecule has 0 aromatic carbocycles. The highest BCUT2D eigenvalue weighted by Gasteiger charge is 2.23. The number of carboxylic acids is 1. The quantitative estimate of drug-likeness (QED) is 0.605. The first kappa shape index (κ1) is 18.2. The van der Waals surface area contributed by atoms with Crippen LogP contribution in [0.2, 0.25) is 0 Å². The smallest absolute Gasteiger partial charge is 0.317 e. The standard InChI is InChI=1S/C13H25N3O4/c1-5-6-14-11(17)8-16(4)13(20)15-7-10(9(2)3)12(18)19/h9-10H,5-8H2,1-4H3,(H,14,17)(H,15,20)(H,18,19). The van der Waals surface area contributed by atoms with Gasteiger partial charge < -0.3 is 20.6 Å². The van der Waals surface area contributed by atoms with Crippen LogP contribution in [0.3, 0.4) is 0 Å². The van der Waals surface area contributed by atoms with Crippen molar-refractivity contribution in [3.8, 4) is 0 Å². The van der Waals surface area contributed by atoms with Crippen molar-refractivity contribution in [3.05, 3.63) is 0 Å². The fraction of sp³-hybridized carbons (Fsp3) is 0.769. The number of amides is 3. The highest BCUT2D eigenvalue weighted by atomic mass is 16.4. The van der Waals surface area contributed by atoms with Crippen LogP contribution < -0.4 is 10.6 Å². The summed E-state index contributed by atoms with van der Waals surface area (Å²) < 4.78 is 0. The second-order valence-corrected chi connectivity index (χ2v) is 5.08. The maximum Gasteiger partial charge on any atom is 0.317 e. The number of nitrogens with zero attached hydrogens (tertiary/aromatic N) is 1. The molecule has 1 atom stereocenters. The molecule has 0 aliphatic heterocycles. The third-order valence-electron chi connectivity index (χ3n) is 2.89. The van der Waals surface area contributed by atoms with E-state index in [1.807, 2.05) is 6.92 Å². The van der Waals surface area contributed by atoms with Gasteiger partial charge in [0, 0.05) is 20.1 Å². The van der Waals surface area contributed by atoms with E-state index in [1.54, 1.807) is 13.8 Å². The molecule has 0 saturated heterocycles. The van der Waals surface area contributed by atoms with Crippen LogP contribution in [0.1, 0.15) is 27.2 Å². The summed E-state index contributed by atoms with van der Waals surface area (Å²) in [6.45, 7) is 6.08. The number of aliphatic carboxylic acids is 1. The Balaban J connectivity index is 4.19. The summed E-state index contributed by atoms with van der Waals surface area (Å²) in [5, 5.41) is 14.2. The lowest BCUT2D eigenvalue weighted by atomic mass is 9.96. The second kappa shape index (κ2) is 9.17. The molecule has 0 spiro atoms. The number of nitrogens with one attached hydrogen (secondary N) is 2. The maximum absolute atomic E-state index is 11.7. The van der Waals surface area contributed by atoms with Crippen molar-refractivity contribution in [3.63, 3.8) is 0 Å². The van der Waals surface area contributed by atoms with Gasteiger partial charge in [0.15, 0.2) is 0 Å². The molecule has 0 aromatic rings. The molecule has 0 rings (SSSR count). The Hall–Kier alpha value is -1.79. The largest absolute Gasteiger partial charge is 0.481 e. The molecule has 0 radical (unpaired) electrons. The van der Waals surface area contributed by atoms with Crippen molar-refractivity contribution < 1.29 is 19.5 Å². The van der Waals surface area contributed by atoms with E-state index in [4.69, 9.17) is 5.11 Å². The maximum atomic E-state index is 11.7. The number of likely N-dealkylation sites (N-methyl/N-ethyl adjacent to an activating group) is 1. The summed E-state index contributed by atoms with van der Waals surface area (Å²) in [5.41, 5.74) is 0. The Labute approximate surface area is 119 Å². The molecular formula is C13H25N3O4. The summed E-state index contributed by atoms with van der Waals surface area (Å²) in [6, 6.07) is -0.455. The van der Waals surface area contributed by atoms with Crippen LogP contribution in [0.25, 0.3) is 0 Å². The Morgan fingerprint density at radius 2 is 1.80 bits per heavy atom. The Kier molecular flexibility index (Phi) is 8.35. The van der Waals surface area contributed by atoms with Crippen LogP contribution >= 0.6 is 0 Å². The lowest BCUT2D eigenvalue weighted by Gasteiger charge is -2.21. The van der Waals surface area contributed by atoms with Crippen molar-refractivity contribution >= 4 is 17.9 Å². The third kappa shape index (κ3) is 6.96. The summed E-state index contributed by atoms with van der Waals surface area (Å²) in [4.78, 5) is 35.4. The van der Waals surface area contributed by atoms with E-state index in [1.165, 1.54) is 11.9 Å². The topological polar surface area (TPSA) is 98.7 Å². The molecule has 3 N–H and O–H groups in total. The fourth-order valence-corrected chi connectivity index (χ4v) is 1.55. The third-order valence-corrected chi connectivity index (χ3v) is 2.89. The van der Waals surface area contributed by atoms with Crippen LogP contribution in [0.4, 0.5) is 4.79 Å². The first-order chi connectivity index (χ1) is 9.29. The molecule has 0 fully saturated rings. The second-order valence-electron chi connectivity index (χ2n) is 5.08. The zero-order valence-electron chi connectivity index (χ0n) is 12.6. The predicted octanol–water partition coefficient (Wildman–Crippen LogP) is 0.511. The minimum absolute atomic E-state index is 0.0484. The van der Waals surface area contributed by atoms with Gasteiger partial charge in [-0.15, -0.1) is 0 Å². The molecule has 7 heteroatoms. The van der Waals surface area contributed by atoms with E-state index in [-0.39, 0.29) is 24.9 Å². The Bertz CT molecular complexity index is 345. The van der Waals surface area contributed by atoms with Gasteiger partial charge in [-0.1, -0.05) is 20.8 Å². The number of hydrogen-bond acceptors (Lipinski definition) is 3. The van der Waals surface area contributed by atoms with E-state index < -0.39 is 17.9 Å². The highest BCUT2D eigenvalue weighted by molar-refractivity contribution is 5.84. The van der Waals surface area contributed by atoms with Gasteiger partial charge in [0.25, 0.3) is 0 Å². The number of rotatable bonds is 8. The van der Waals surface area contributed by atoms with E-state index in [0.29, 0.717) is 6.54 Å². The molecule has 0 aliphatic rings. The number of carbonyl (C=O) groups is 3. The minimum Gasteiger partial charge on any atom is -0.481 e. The highest BCUT2D eigenvalue weighted by Crippen LogP contribution is 2.09. The summed E-state index contributed by atoms with van der Waals surface area (Å²) in [5.74, 6) is -1.89. The first-order valence-electron chi connectivity index (χ1n) is 6.78. The molecule has 0 aliphatic carbocycles. The average molecular weight is 287 g/mol. The summed E-state index contributed by atoms with van der Waals surface area (Å²) in [6.07, 6.45) is 0.830. The number of carboxylic acid groups (broad SMARTS) is 1. The monoisotopic (exact) mass is 287 g/mol. The SMILES string of the molecule is CCCNC(=O)CN(C)C(=O)NCC(C(=O)O)C(C)C. The number of hydrogen-bond donors (Lipinski definition) is 3. The van der Waals surface area contributed by atoms with Crippen LogP contribution in [-0.2, 0) is 9.59 Å². The minimum atomic E-state index is -0.941. The van der Waals surface area contributed by atoms with Crippen molar-refractivity contribution in [1.82, 2.24) is 15.5 Å². The van der Waals surface area contributed by atoms with E-state index in [9.17, 15) is 14.4 Å². The van der Waals surface area contributed by atoms with Gasteiger partial charge >= 0.3 is 12.0 Å². The van der Waals surface area contributed by atoms with Crippen molar-refractivity contribution in [2.24, 2.45) is 11.8 Å². The van der Waals surface area contributed by atoms with E-state index >= 15 is 0 Å². The van der Waals surface area contributed by atoms with Gasteiger partial charge in [0.2, 0.25) is 5.91 Å². The van der Waals surface area contributed by atoms with Gasteiger partial charge in [0.05, 0.1) is 5.92 Å². The normalized spacial score (nSPS) is 11.8. The van der Waals surface area contributed by atoms with Crippen molar-refractivity contribution in [2.45, 2.75) is 27.2 Å². The van der Waals surface area contributed by atoms with Crippen LogP contribution in [0.5, 0.6) is 0 Å². The molecule has 0 heterocycles. The van der Waals surface area contributed by atoms with Gasteiger partial charge in [0.1, 0.15) is 6.54 Å². The zero-order chi connectivity index (χ0) is 15.7. The molecule has 0 aromatic heterocycles. The summed E-state index contributed by atoms with van der Waals surface area (Å²) >= 11 is 0. The molecule has 20 heavy (non-hydrogen) atoms. The number of urea groups is 1. The lowest BCUT2D eigenvalue weighted by molar-refractivity contribution is -0.143. The summed E-state index contributed by atoms with van der Waals surface area (Å²) in [7, 11) is 1.49. The van der Waals surface area contributed by atoms with Crippen molar-refractivity contribution in [2.75, 3.05) is 26.7 Å². The molecule has 3 amide bonds. The van der Waals surface area contributed by atoms with Crippen LogP contribution in [0, 0.1) is 11.8 Å². The van der Waals surface area contributed by atoms with E-state index in [0.717, 1.165) is 6.42 Å². The zero-order valence-corrected chi connectivity index (χ0v) is 12.6. The molecule has 7 nitrogen and oxygen atoms in total. The van der Waals surface area contributed by atoms with Crippen molar-refractivity contribution in [1.29, 1.82) is 0 Å². The molecule has 116 valence electrons. The van der Waals surface area contributed by atoms with Gasteiger partial charge in [-0.25, -0.2) is 4.79 Å². The van der Waals surface area contributed by atoms with Gasteiger partial charge in [-0.2, -0.15) is 0 Å². The van der Waals surface area contributed by atoms with Crippen LogP contribution in [0.15, 0.2) is 0 Å².